The Morgan fingerprint density at radius 2 is 1.77 bits per heavy atom. The van der Waals surface area contributed by atoms with Crippen LogP contribution in [0.3, 0.4) is 0 Å². The Hall–Kier alpha value is -2.34. The summed E-state index contributed by atoms with van der Waals surface area (Å²) in [6.07, 6.45) is 0.572. The molecule has 0 saturated heterocycles. The Balaban J connectivity index is 1.97. The van der Waals surface area contributed by atoms with Gasteiger partial charge in [-0.15, -0.1) is 0 Å². The molecule has 1 aliphatic heterocycles. The highest BCUT2D eigenvalue weighted by molar-refractivity contribution is 6.41. The maximum atomic E-state index is 13.3. The highest BCUT2D eigenvalue weighted by atomic mass is 35.5. The molecule has 7 heteroatoms. The highest BCUT2D eigenvalue weighted by Crippen LogP contribution is 2.36. The van der Waals surface area contributed by atoms with Gasteiger partial charge in [0, 0.05) is 43.9 Å². The van der Waals surface area contributed by atoms with E-state index < -0.39 is 0 Å². The number of hydrogen-bond acceptors (Lipinski definition) is 4. The highest BCUT2D eigenvalue weighted by Gasteiger charge is 2.41. The normalized spacial score (nSPS) is 14.1. The molecule has 3 rings (SSSR count). The molecular formula is C23H24Cl2N2O3. The molecule has 1 aliphatic rings. The van der Waals surface area contributed by atoms with Crippen LogP contribution in [0.5, 0.6) is 0 Å². The van der Waals surface area contributed by atoms with E-state index in [0.717, 1.165) is 5.56 Å². The van der Waals surface area contributed by atoms with Crippen LogP contribution in [0.1, 0.15) is 24.5 Å². The molecule has 0 spiro atoms. The maximum Gasteiger partial charge on any atom is 0.277 e. The monoisotopic (exact) mass is 446 g/mol. The van der Waals surface area contributed by atoms with Crippen LogP contribution in [0.15, 0.2) is 54.2 Å². The van der Waals surface area contributed by atoms with Gasteiger partial charge in [-0.2, -0.15) is 0 Å². The van der Waals surface area contributed by atoms with Gasteiger partial charge in [0.25, 0.3) is 11.8 Å². The van der Waals surface area contributed by atoms with Crippen LogP contribution < -0.4 is 0 Å². The van der Waals surface area contributed by atoms with Crippen molar-refractivity contribution < 1.29 is 14.3 Å². The number of likely N-dealkylation sites (N-methyl/N-ethyl adjacent to an activating group) is 1. The summed E-state index contributed by atoms with van der Waals surface area (Å²) in [5.74, 6) is -0.674. The SMILES string of the molecule is CCOCCCN1C(=O)C(c2ccc(Cl)cc2Cl)=C(N(C)Cc2ccccc2)C1=O. The van der Waals surface area contributed by atoms with Gasteiger partial charge in [-0.1, -0.05) is 59.6 Å². The molecule has 0 aromatic heterocycles. The fourth-order valence-corrected chi connectivity index (χ4v) is 3.96. The molecule has 0 radical (unpaired) electrons. The lowest BCUT2D eigenvalue weighted by molar-refractivity contribution is -0.137. The van der Waals surface area contributed by atoms with Crippen molar-refractivity contribution >= 4 is 40.6 Å². The molecule has 158 valence electrons. The van der Waals surface area contributed by atoms with Crippen molar-refractivity contribution in [2.45, 2.75) is 19.9 Å². The molecule has 0 aliphatic carbocycles. The molecule has 0 fully saturated rings. The quantitative estimate of drug-likeness (QED) is 0.416. The number of benzene rings is 2. The summed E-state index contributed by atoms with van der Waals surface area (Å²) in [7, 11) is 1.81. The van der Waals surface area contributed by atoms with Crippen LogP contribution in [-0.4, -0.2) is 48.4 Å². The summed E-state index contributed by atoms with van der Waals surface area (Å²) in [5.41, 5.74) is 2.17. The molecule has 0 bridgehead atoms. The predicted molar refractivity (Wildman–Crippen MR) is 119 cm³/mol. The Bertz CT molecular complexity index is 960. The van der Waals surface area contributed by atoms with Crippen LogP contribution in [0.25, 0.3) is 5.57 Å². The fraction of sp³-hybridized carbons (Fsp3) is 0.304. The van der Waals surface area contributed by atoms with Crippen molar-refractivity contribution in [2.24, 2.45) is 0 Å². The fourth-order valence-electron chi connectivity index (χ4n) is 3.46. The molecule has 0 atom stereocenters. The summed E-state index contributed by atoms with van der Waals surface area (Å²) in [6, 6.07) is 14.7. The second-order valence-electron chi connectivity index (χ2n) is 7.00. The number of imide groups is 1. The van der Waals surface area contributed by atoms with Crippen LogP contribution in [0.4, 0.5) is 0 Å². The van der Waals surface area contributed by atoms with E-state index in [2.05, 4.69) is 0 Å². The first-order chi connectivity index (χ1) is 14.4. The summed E-state index contributed by atoms with van der Waals surface area (Å²) < 4.78 is 5.35. The molecule has 0 unspecified atom stereocenters. The first kappa shape index (κ1) is 22.3. The number of amides is 2. The Morgan fingerprint density at radius 1 is 1.03 bits per heavy atom. The Morgan fingerprint density at radius 3 is 2.43 bits per heavy atom. The molecule has 30 heavy (non-hydrogen) atoms. The lowest BCUT2D eigenvalue weighted by Gasteiger charge is -2.21. The average molecular weight is 447 g/mol. The maximum absolute atomic E-state index is 13.3. The van der Waals surface area contributed by atoms with E-state index in [-0.39, 0.29) is 18.4 Å². The van der Waals surface area contributed by atoms with Gasteiger partial charge in [0.1, 0.15) is 5.70 Å². The third-order valence-corrected chi connectivity index (χ3v) is 5.41. The van der Waals surface area contributed by atoms with Crippen LogP contribution >= 0.6 is 23.2 Å². The van der Waals surface area contributed by atoms with Gasteiger partial charge in [0.2, 0.25) is 0 Å². The molecule has 0 N–H and O–H groups in total. The minimum atomic E-state index is -0.351. The molecular weight excluding hydrogens is 423 g/mol. The van der Waals surface area contributed by atoms with Gasteiger partial charge in [-0.05, 0) is 31.0 Å². The van der Waals surface area contributed by atoms with Gasteiger partial charge in [0.05, 0.1) is 10.6 Å². The van der Waals surface area contributed by atoms with Gasteiger partial charge in [-0.3, -0.25) is 14.5 Å². The van der Waals surface area contributed by atoms with Crippen molar-refractivity contribution in [1.82, 2.24) is 9.80 Å². The third kappa shape index (κ3) is 4.86. The topological polar surface area (TPSA) is 49.9 Å². The number of rotatable bonds is 9. The molecule has 2 aromatic rings. The minimum absolute atomic E-state index is 0.287. The first-order valence-corrected chi connectivity index (χ1v) is 10.6. The van der Waals surface area contributed by atoms with Crippen molar-refractivity contribution in [3.63, 3.8) is 0 Å². The summed E-state index contributed by atoms with van der Waals surface area (Å²) >= 11 is 12.4. The molecule has 5 nitrogen and oxygen atoms in total. The second-order valence-corrected chi connectivity index (χ2v) is 7.85. The number of nitrogens with zero attached hydrogens (tertiary/aromatic N) is 2. The molecule has 2 aromatic carbocycles. The summed E-state index contributed by atoms with van der Waals surface area (Å²) in [4.78, 5) is 29.6. The number of halogens is 2. The zero-order valence-electron chi connectivity index (χ0n) is 17.0. The smallest absolute Gasteiger partial charge is 0.277 e. The standard InChI is InChI=1S/C23H24Cl2N2O3/c1-3-30-13-7-12-27-22(28)20(18-11-10-17(24)14-19(18)25)21(23(27)29)26(2)15-16-8-5-4-6-9-16/h4-6,8-11,14H,3,7,12-13,15H2,1-2H3. The van der Waals surface area contributed by atoms with E-state index >= 15 is 0 Å². The number of carbonyl (C=O) groups excluding carboxylic acids is 2. The average Bonchev–Trinajstić information content (AvgIpc) is 2.96. The largest absolute Gasteiger partial charge is 0.382 e. The van der Waals surface area contributed by atoms with Crippen molar-refractivity contribution in [2.75, 3.05) is 26.8 Å². The van der Waals surface area contributed by atoms with E-state index in [1.54, 1.807) is 30.1 Å². The summed E-state index contributed by atoms with van der Waals surface area (Å²) in [6.45, 7) is 3.76. The number of hydrogen-bond donors (Lipinski definition) is 0. The van der Waals surface area contributed by atoms with Gasteiger partial charge >= 0.3 is 0 Å². The van der Waals surface area contributed by atoms with Crippen molar-refractivity contribution in [3.05, 3.63) is 75.4 Å². The van der Waals surface area contributed by atoms with Crippen LogP contribution in [0, 0.1) is 0 Å². The first-order valence-electron chi connectivity index (χ1n) is 9.82. The van der Waals surface area contributed by atoms with Crippen LogP contribution in [-0.2, 0) is 20.9 Å². The van der Waals surface area contributed by atoms with E-state index in [1.165, 1.54) is 4.90 Å². The predicted octanol–water partition coefficient (Wildman–Crippen LogP) is 4.63. The number of carbonyl (C=O) groups is 2. The molecule has 0 saturated carbocycles. The van der Waals surface area contributed by atoms with Gasteiger partial charge in [0.15, 0.2) is 0 Å². The van der Waals surface area contributed by atoms with E-state index in [9.17, 15) is 9.59 Å². The Labute approximate surface area is 186 Å². The number of ether oxygens (including phenoxy) is 1. The van der Waals surface area contributed by atoms with E-state index in [1.807, 2.05) is 37.3 Å². The lowest BCUT2D eigenvalue weighted by Crippen LogP contribution is -2.35. The molecule has 2 amide bonds. The Kier molecular flexibility index (Phi) is 7.53. The minimum Gasteiger partial charge on any atom is -0.382 e. The van der Waals surface area contributed by atoms with Gasteiger partial charge < -0.3 is 9.64 Å². The van der Waals surface area contributed by atoms with Crippen molar-refractivity contribution in [3.8, 4) is 0 Å². The van der Waals surface area contributed by atoms with E-state index in [0.29, 0.717) is 53.1 Å². The second kappa shape index (κ2) is 10.1. The third-order valence-electron chi connectivity index (χ3n) is 4.86. The van der Waals surface area contributed by atoms with E-state index in [4.69, 9.17) is 27.9 Å². The van der Waals surface area contributed by atoms with Gasteiger partial charge in [-0.25, -0.2) is 0 Å². The zero-order valence-corrected chi connectivity index (χ0v) is 18.5. The zero-order chi connectivity index (χ0) is 21.7. The molecule has 1 heterocycles. The summed E-state index contributed by atoms with van der Waals surface area (Å²) in [5, 5.41) is 0.800. The van der Waals surface area contributed by atoms with Crippen LogP contribution in [0.2, 0.25) is 10.0 Å². The lowest BCUT2D eigenvalue weighted by atomic mass is 10.0. The van der Waals surface area contributed by atoms with Crippen molar-refractivity contribution in [1.29, 1.82) is 0 Å².